The van der Waals surface area contributed by atoms with Crippen LogP contribution in [0.15, 0.2) is 36.9 Å². The summed E-state index contributed by atoms with van der Waals surface area (Å²) in [6.07, 6.45) is 7.30. The molecule has 1 aromatic heterocycles. The summed E-state index contributed by atoms with van der Waals surface area (Å²) < 4.78 is 13.2. The lowest BCUT2D eigenvalue weighted by Crippen LogP contribution is -2.05. The van der Waals surface area contributed by atoms with E-state index in [2.05, 4.69) is 4.98 Å². The topological polar surface area (TPSA) is 62.3 Å². The summed E-state index contributed by atoms with van der Waals surface area (Å²) in [5.74, 6) is 1.54. The third kappa shape index (κ3) is 3.99. The highest BCUT2D eigenvalue weighted by atomic mass is 16.5. The van der Waals surface area contributed by atoms with Crippen LogP contribution in [-0.2, 0) is 13.0 Å². The highest BCUT2D eigenvalue weighted by Gasteiger charge is 2.05. The van der Waals surface area contributed by atoms with Gasteiger partial charge in [-0.3, -0.25) is 0 Å². The molecule has 0 aliphatic rings. The predicted octanol–water partition coefficient (Wildman–Crippen LogP) is 1.86. The molecule has 0 bridgehead atoms. The van der Waals surface area contributed by atoms with Gasteiger partial charge < -0.3 is 19.8 Å². The molecule has 0 saturated carbocycles. The van der Waals surface area contributed by atoms with Crippen LogP contribution in [0.5, 0.6) is 11.5 Å². The number of hydrogen-bond acceptors (Lipinski definition) is 4. The van der Waals surface area contributed by atoms with Crippen LogP contribution in [0.4, 0.5) is 0 Å². The van der Waals surface area contributed by atoms with Crippen LogP contribution < -0.4 is 15.2 Å². The summed E-state index contributed by atoms with van der Waals surface area (Å²) in [7, 11) is 1.65. The molecule has 0 spiro atoms. The van der Waals surface area contributed by atoms with E-state index in [1.54, 1.807) is 13.3 Å². The largest absolute Gasteiger partial charge is 0.493 e. The van der Waals surface area contributed by atoms with Crippen LogP contribution in [0, 0.1) is 0 Å². The van der Waals surface area contributed by atoms with E-state index in [4.69, 9.17) is 15.2 Å². The first-order valence-electron chi connectivity index (χ1n) is 6.79. The lowest BCUT2D eigenvalue weighted by atomic mass is 10.1. The second-order valence-corrected chi connectivity index (χ2v) is 4.53. The molecule has 2 rings (SSSR count). The molecule has 0 aliphatic heterocycles. The first-order chi connectivity index (χ1) is 9.83. The van der Waals surface area contributed by atoms with E-state index in [-0.39, 0.29) is 0 Å². The normalized spacial score (nSPS) is 10.5. The minimum Gasteiger partial charge on any atom is -0.493 e. The van der Waals surface area contributed by atoms with Crippen molar-refractivity contribution in [3.05, 3.63) is 42.5 Å². The average Bonchev–Trinajstić information content (AvgIpc) is 2.98. The Balaban J connectivity index is 1.85. The van der Waals surface area contributed by atoms with E-state index < -0.39 is 0 Å². The Kier molecular flexibility index (Phi) is 5.43. The van der Waals surface area contributed by atoms with Crippen LogP contribution >= 0.6 is 0 Å². The van der Waals surface area contributed by atoms with Gasteiger partial charge in [-0.25, -0.2) is 4.98 Å². The van der Waals surface area contributed by atoms with Crippen molar-refractivity contribution < 1.29 is 9.47 Å². The number of methoxy groups -OCH3 is 1. The summed E-state index contributed by atoms with van der Waals surface area (Å²) in [5, 5.41) is 0. The third-order valence-electron chi connectivity index (χ3n) is 3.04. The molecule has 0 unspecified atom stereocenters. The van der Waals surface area contributed by atoms with Crippen LogP contribution in [0.1, 0.15) is 12.0 Å². The standard InChI is InChI=1S/C15H21N3O2/c1-19-15-11-13(5-6-16)3-4-14(15)20-10-2-8-18-9-7-17-12-18/h3-4,7,9,11-12H,2,5-6,8,10,16H2,1H3. The van der Waals surface area contributed by atoms with Crippen molar-refractivity contribution >= 4 is 0 Å². The third-order valence-corrected chi connectivity index (χ3v) is 3.04. The number of hydrogen-bond donors (Lipinski definition) is 1. The maximum Gasteiger partial charge on any atom is 0.161 e. The molecular formula is C15H21N3O2. The monoisotopic (exact) mass is 275 g/mol. The Hall–Kier alpha value is -2.01. The van der Waals surface area contributed by atoms with E-state index in [9.17, 15) is 0 Å². The SMILES string of the molecule is COc1cc(CCN)ccc1OCCCn1ccnc1. The zero-order valence-electron chi connectivity index (χ0n) is 11.8. The van der Waals surface area contributed by atoms with Crippen molar-refractivity contribution in [1.29, 1.82) is 0 Å². The van der Waals surface area contributed by atoms with Gasteiger partial charge in [0.05, 0.1) is 20.0 Å². The molecule has 108 valence electrons. The number of ether oxygens (including phenoxy) is 2. The van der Waals surface area contributed by atoms with Crippen LogP contribution in [0.3, 0.4) is 0 Å². The Bertz CT molecular complexity index is 512. The molecule has 0 radical (unpaired) electrons. The fraction of sp³-hybridized carbons (Fsp3) is 0.400. The predicted molar refractivity (Wildman–Crippen MR) is 78.1 cm³/mol. The first kappa shape index (κ1) is 14.4. The van der Waals surface area contributed by atoms with Gasteiger partial charge >= 0.3 is 0 Å². The molecule has 2 N–H and O–H groups in total. The second kappa shape index (κ2) is 7.55. The summed E-state index contributed by atoms with van der Waals surface area (Å²) in [6.45, 7) is 2.17. The van der Waals surface area contributed by atoms with Crippen molar-refractivity contribution in [3.8, 4) is 11.5 Å². The van der Waals surface area contributed by atoms with E-state index in [1.807, 2.05) is 35.3 Å². The molecule has 0 amide bonds. The van der Waals surface area contributed by atoms with Gasteiger partial charge in [-0.15, -0.1) is 0 Å². The average molecular weight is 275 g/mol. The molecule has 2 aromatic rings. The molecule has 20 heavy (non-hydrogen) atoms. The molecule has 0 fully saturated rings. The maximum atomic E-state index is 5.77. The summed E-state index contributed by atoms with van der Waals surface area (Å²) >= 11 is 0. The first-order valence-corrected chi connectivity index (χ1v) is 6.79. The highest BCUT2D eigenvalue weighted by molar-refractivity contribution is 5.43. The van der Waals surface area contributed by atoms with E-state index in [1.165, 1.54) is 0 Å². The minimum absolute atomic E-state index is 0.633. The lowest BCUT2D eigenvalue weighted by molar-refractivity contribution is 0.282. The van der Waals surface area contributed by atoms with Crippen molar-refractivity contribution in [1.82, 2.24) is 9.55 Å². The Morgan fingerprint density at radius 1 is 1.30 bits per heavy atom. The number of imidazole rings is 1. The molecule has 1 aromatic carbocycles. The zero-order valence-corrected chi connectivity index (χ0v) is 11.8. The number of rotatable bonds is 8. The molecule has 0 aliphatic carbocycles. The van der Waals surface area contributed by atoms with Gasteiger partial charge in [0.2, 0.25) is 0 Å². The van der Waals surface area contributed by atoms with Crippen LogP contribution in [0.25, 0.3) is 0 Å². The molecule has 1 heterocycles. The summed E-state index contributed by atoms with van der Waals surface area (Å²) in [4.78, 5) is 4.01. The number of benzene rings is 1. The van der Waals surface area contributed by atoms with Gasteiger partial charge in [0.15, 0.2) is 11.5 Å². The molecule has 0 saturated heterocycles. The smallest absolute Gasteiger partial charge is 0.161 e. The van der Waals surface area contributed by atoms with Crippen LogP contribution in [-0.4, -0.2) is 29.8 Å². The van der Waals surface area contributed by atoms with Crippen molar-refractivity contribution in [2.75, 3.05) is 20.3 Å². The molecule has 0 atom stereocenters. The van der Waals surface area contributed by atoms with Gasteiger partial charge in [0.25, 0.3) is 0 Å². The zero-order chi connectivity index (χ0) is 14.2. The van der Waals surface area contributed by atoms with Gasteiger partial charge in [-0.2, -0.15) is 0 Å². The number of nitrogens with zero attached hydrogens (tertiary/aromatic N) is 2. The van der Waals surface area contributed by atoms with E-state index in [0.29, 0.717) is 13.2 Å². The van der Waals surface area contributed by atoms with Crippen molar-refractivity contribution in [2.45, 2.75) is 19.4 Å². The quantitative estimate of drug-likeness (QED) is 0.747. The molecule has 5 heteroatoms. The van der Waals surface area contributed by atoms with Gasteiger partial charge in [-0.05, 0) is 37.1 Å². The molecular weight excluding hydrogens is 254 g/mol. The van der Waals surface area contributed by atoms with Crippen LogP contribution in [0.2, 0.25) is 0 Å². The Morgan fingerprint density at radius 2 is 2.20 bits per heavy atom. The number of aromatic nitrogens is 2. The Morgan fingerprint density at radius 3 is 2.90 bits per heavy atom. The fourth-order valence-electron chi connectivity index (χ4n) is 2.00. The van der Waals surface area contributed by atoms with Gasteiger partial charge in [-0.1, -0.05) is 6.07 Å². The molecule has 5 nitrogen and oxygen atoms in total. The van der Waals surface area contributed by atoms with Gasteiger partial charge in [0, 0.05) is 18.9 Å². The summed E-state index contributed by atoms with van der Waals surface area (Å²) in [6, 6.07) is 5.96. The number of aryl methyl sites for hydroxylation is 1. The minimum atomic E-state index is 0.633. The second-order valence-electron chi connectivity index (χ2n) is 4.53. The highest BCUT2D eigenvalue weighted by Crippen LogP contribution is 2.28. The van der Waals surface area contributed by atoms with E-state index in [0.717, 1.165) is 36.4 Å². The fourth-order valence-corrected chi connectivity index (χ4v) is 2.00. The number of nitrogens with two attached hydrogens (primary N) is 1. The van der Waals surface area contributed by atoms with Crippen molar-refractivity contribution in [2.24, 2.45) is 5.73 Å². The lowest BCUT2D eigenvalue weighted by Gasteiger charge is -2.12. The maximum absolute atomic E-state index is 5.77. The van der Waals surface area contributed by atoms with Crippen molar-refractivity contribution in [3.63, 3.8) is 0 Å². The summed E-state index contributed by atoms with van der Waals surface area (Å²) in [5.41, 5.74) is 6.72. The Labute approximate surface area is 119 Å². The van der Waals surface area contributed by atoms with E-state index >= 15 is 0 Å². The van der Waals surface area contributed by atoms with Gasteiger partial charge in [0.1, 0.15) is 0 Å².